The summed E-state index contributed by atoms with van der Waals surface area (Å²) in [5.41, 5.74) is 4.52. The number of nitrogens with one attached hydrogen (secondary N) is 3. The molecular formula is C18H19Cl2N3O4S. The lowest BCUT2D eigenvalue weighted by molar-refractivity contribution is -0.128. The van der Waals surface area contributed by atoms with Gasteiger partial charge in [-0.15, -0.1) is 11.3 Å². The number of rotatable bonds is 8. The van der Waals surface area contributed by atoms with E-state index in [0.29, 0.717) is 27.1 Å². The minimum Gasteiger partial charge on any atom is -0.492 e. The number of carbonyl (C=O) groups is 3. The van der Waals surface area contributed by atoms with Crippen LogP contribution >= 0.6 is 34.5 Å². The number of halogens is 2. The molecule has 0 bridgehead atoms. The molecule has 7 nitrogen and oxygen atoms in total. The van der Waals surface area contributed by atoms with Gasteiger partial charge >= 0.3 is 0 Å². The summed E-state index contributed by atoms with van der Waals surface area (Å²) in [6.45, 7) is 1.92. The van der Waals surface area contributed by atoms with E-state index in [-0.39, 0.29) is 31.4 Å². The first-order valence-corrected chi connectivity index (χ1v) is 9.92. The van der Waals surface area contributed by atoms with Crippen molar-refractivity contribution in [3.8, 4) is 5.75 Å². The molecule has 0 saturated carbocycles. The van der Waals surface area contributed by atoms with E-state index in [0.717, 1.165) is 4.88 Å². The number of hydrogen-bond donors (Lipinski definition) is 3. The van der Waals surface area contributed by atoms with Crippen molar-refractivity contribution in [3.63, 3.8) is 0 Å². The van der Waals surface area contributed by atoms with Crippen molar-refractivity contribution < 1.29 is 19.1 Å². The molecule has 0 atom stereocenters. The molecule has 10 heteroatoms. The molecule has 0 aliphatic heterocycles. The first kappa shape index (κ1) is 22.0. The van der Waals surface area contributed by atoms with Crippen LogP contribution in [0.4, 0.5) is 0 Å². The summed E-state index contributed by atoms with van der Waals surface area (Å²) in [7, 11) is 0. The Balaban J connectivity index is 1.58. The van der Waals surface area contributed by atoms with Crippen molar-refractivity contribution in [1.82, 2.24) is 16.2 Å². The fraction of sp³-hybridized carbons (Fsp3) is 0.278. The maximum absolute atomic E-state index is 11.8. The van der Waals surface area contributed by atoms with Gasteiger partial charge in [-0.1, -0.05) is 23.2 Å². The van der Waals surface area contributed by atoms with E-state index < -0.39 is 5.91 Å². The SMILES string of the molecule is Cc1ccc(C(=O)NCC(=O)NNC(=O)CCCOc2ccc(Cl)cc2Cl)s1. The molecule has 0 aliphatic carbocycles. The van der Waals surface area contributed by atoms with Gasteiger partial charge in [0.05, 0.1) is 23.1 Å². The highest BCUT2D eigenvalue weighted by Crippen LogP contribution is 2.27. The number of aryl methyl sites for hydroxylation is 1. The molecule has 2 aromatic rings. The van der Waals surface area contributed by atoms with Gasteiger partial charge in [0.1, 0.15) is 5.75 Å². The Bertz CT molecular complexity index is 857. The molecule has 0 unspecified atom stereocenters. The van der Waals surface area contributed by atoms with Crippen molar-refractivity contribution >= 4 is 52.3 Å². The lowest BCUT2D eigenvalue weighted by Crippen LogP contribution is -2.46. The van der Waals surface area contributed by atoms with Gasteiger partial charge in [-0.05, 0) is 43.7 Å². The minimum atomic E-state index is -0.529. The maximum Gasteiger partial charge on any atom is 0.261 e. The average Bonchev–Trinajstić information content (AvgIpc) is 3.09. The smallest absolute Gasteiger partial charge is 0.261 e. The molecule has 3 amide bonds. The lowest BCUT2D eigenvalue weighted by Gasteiger charge is -2.09. The van der Waals surface area contributed by atoms with Crippen LogP contribution in [-0.4, -0.2) is 30.9 Å². The second kappa shape index (κ2) is 10.9. The molecule has 0 saturated heterocycles. The highest BCUT2D eigenvalue weighted by atomic mass is 35.5. The van der Waals surface area contributed by atoms with Crippen molar-refractivity contribution in [2.24, 2.45) is 0 Å². The summed E-state index contributed by atoms with van der Waals surface area (Å²) in [6, 6.07) is 8.39. The third kappa shape index (κ3) is 7.38. The van der Waals surface area contributed by atoms with Crippen molar-refractivity contribution in [2.75, 3.05) is 13.2 Å². The molecule has 150 valence electrons. The zero-order valence-corrected chi connectivity index (χ0v) is 17.3. The summed E-state index contributed by atoms with van der Waals surface area (Å²) < 4.78 is 5.47. The molecule has 2 rings (SSSR count). The van der Waals surface area contributed by atoms with Gasteiger partial charge in [0.2, 0.25) is 5.91 Å². The quantitative estimate of drug-likeness (QED) is 0.431. The van der Waals surface area contributed by atoms with Crippen LogP contribution in [-0.2, 0) is 9.59 Å². The molecule has 0 spiro atoms. The third-order valence-electron chi connectivity index (χ3n) is 3.41. The van der Waals surface area contributed by atoms with Crippen LogP contribution in [0.25, 0.3) is 0 Å². The van der Waals surface area contributed by atoms with Crippen LogP contribution in [0.5, 0.6) is 5.75 Å². The molecular weight excluding hydrogens is 425 g/mol. The number of hydrogen-bond acceptors (Lipinski definition) is 5. The Kier molecular flexibility index (Phi) is 8.56. The van der Waals surface area contributed by atoms with E-state index in [1.807, 2.05) is 13.0 Å². The van der Waals surface area contributed by atoms with E-state index >= 15 is 0 Å². The molecule has 3 N–H and O–H groups in total. The monoisotopic (exact) mass is 443 g/mol. The Morgan fingerprint density at radius 1 is 1.07 bits per heavy atom. The van der Waals surface area contributed by atoms with Gasteiger partial charge in [-0.2, -0.15) is 0 Å². The summed E-state index contributed by atoms with van der Waals surface area (Å²) in [4.78, 5) is 36.8. The van der Waals surface area contributed by atoms with Crippen LogP contribution in [0.15, 0.2) is 30.3 Å². The molecule has 1 aromatic carbocycles. The zero-order valence-electron chi connectivity index (χ0n) is 15.0. The summed E-state index contributed by atoms with van der Waals surface area (Å²) in [5, 5.41) is 3.38. The lowest BCUT2D eigenvalue weighted by atomic mass is 10.3. The second-order valence-corrected chi connectivity index (χ2v) is 7.85. The Hall–Kier alpha value is -2.29. The second-order valence-electron chi connectivity index (χ2n) is 5.72. The fourth-order valence-corrected chi connectivity index (χ4v) is 3.30. The van der Waals surface area contributed by atoms with Crippen molar-refractivity contribution in [1.29, 1.82) is 0 Å². The molecule has 1 aromatic heterocycles. The molecule has 0 radical (unpaired) electrons. The predicted molar refractivity (Wildman–Crippen MR) is 109 cm³/mol. The molecule has 28 heavy (non-hydrogen) atoms. The topological polar surface area (TPSA) is 96.5 Å². The standard InChI is InChI=1S/C18H19Cl2N3O4S/c1-11-4-7-15(28-11)18(26)21-10-17(25)23-22-16(24)3-2-8-27-14-6-5-12(19)9-13(14)20/h4-7,9H,2-3,8,10H2,1H3,(H,21,26)(H,22,24)(H,23,25). The molecule has 1 heterocycles. The van der Waals surface area contributed by atoms with Crippen LogP contribution in [0.2, 0.25) is 10.0 Å². The van der Waals surface area contributed by atoms with Gasteiger partial charge in [-0.3, -0.25) is 25.2 Å². The van der Waals surface area contributed by atoms with E-state index in [4.69, 9.17) is 27.9 Å². The highest BCUT2D eigenvalue weighted by Gasteiger charge is 2.10. The number of amides is 3. The number of benzene rings is 1. The van der Waals surface area contributed by atoms with E-state index in [1.165, 1.54) is 11.3 Å². The van der Waals surface area contributed by atoms with Crippen LogP contribution in [0, 0.1) is 6.92 Å². The third-order valence-corrected chi connectivity index (χ3v) is 4.94. The first-order valence-electron chi connectivity index (χ1n) is 8.35. The van der Waals surface area contributed by atoms with Crippen LogP contribution in [0.3, 0.4) is 0 Å². The average molecular weight is 444 g/mol. The largest absolute Gasteiger partial charge is 0.492 e. The van der Waals surface area contributed by atoms with Crippen molar-refractivity contribution in [3.05, 3.63) is 50.1 Å². The summed E-state index contributed by atoms with van der Waals surface area (Å²) in [6.07, 6.45) is 0.571. The Labute approximate surface area is 176 Å². The van der Waals surface area contributed by atoms with Gasteiger partial charge in [-0.25, -0.2) is 0 Å². The normalized spacial score (nSPS) is 10.2. The predicted octanol–water partition coefficient (Wildman–Crippen LogP) is 3.10. The maximum atomic E-state index is 11.8. The minimum absolute atomic E-state index is 0.145. The number of thiophene rings is 1. The van der Waals surface area contributed by atoms with Crippen molar-refractivity contribution in [2.45, 2.75) is 19.8 Å². The number of hydrazine groups is 1. The van der Waals surface area contributed by atoms with Gasteiger partial charge in [0.15, 0.2) is 0 Å². The first-order chi connectivity index (χ1) is 13.3. The number of ether oxygens (including phenoxy) is 1. The van der Waals surface area contributed by atoms with E-state index in [2.05, 4.69) is 16.2 Å². The summed E-state index contributed by atoms with van der Waals surface area (Å²) in [5.74, 6) is -0.757. The molecule has 0 aliphatic rings. The fourth-order valence-electron chi connectivity index (χ4n) is 2.06. The highest BCUT2D eigenvalue weighted by molar-refractivity contribution is 7.13. The van der Waals surface area contributed by atoms with Gasteiger partial charge in [0.25, 0.3) is 11.8 Å². The van der Waals surface area contributed by atoms with Gasteiger partial charge in [0, 0.05) is 16.3 Å². The van der Waals surface area contributed by atoms with Crippen LogP contribution in [0.1, 0.15) is 27.4 Å². The Morgan fingerprint density at radius 2 is 1.82 bits per heavy atom. The zero-order chi connectivity index (χ0) is 20.5. The Morgan fingerprint density at radius 3 is 2.50 bits per heavy atom. The molecule has 0 fully saturated rings. The van der Waals surface area contributed by atoms with E-state index in [1.54, 1.807) is 24.3 Å². The van der Waals surface area contributed by atoms with E-state index in [9.17, 15) is 14.4 Å². The van der Waals surface area contributed by atoms with Crippen LogP contribution < -0.4 is 20.9 Å². The van der Waals surface area contributed by atoms with Gasteiger partial charge < -0.3 is 10.1 Å². The number of carbonyl (C=O) groups excluding carboxylic acids is 3. The summed E-state index contributed by atoms with van der Waals surface area (Å²) >= 11 is 13.1.